The molecule has 220 valence electrons. The standard InChI is InChI=1S/C27H34O13/c1-34-16-6-12(4-5-15(16)29)24-14-10-37-25(13-7-17(35-2)20(30)18(8-13)36-3)27(14,11-38-24)40-26-23(33)22(32)21(31)19(9-28)39-26/h4-8,14,19,21-26,28-33H,9-11H2,1-3H3/t14-,19?,21?,22?,23?,24?,25?,26?,27-/m1/s1. The van der Waals surface area contributed by atoms with Gasteiger partial charge in [-0.1, -0.05) is 6.07 Å². The number of rotatable bonds is 8. The second-order valence-electron chi connectivity index (χ2n) is 10.0. The Morgan fingerprint density at radius 2 is 1.50 bits per heavy atom. The molecule has 40 heavy (non-hydrogen) atoms. The van der Waals surface area contributed by atoms with Gasteiger partial charge in [0.1, 0.15) is 36.1 Å². The molecule has 9 atom stereocenters. The van der Waals surface area contributed by atoms with Crippen LogP contribution < -0.4 is 14.2 Å². The molecule has 3 heterocycles. The summed E-state index contributed by atoms with van der Waals surface area (Å²) in [6.07, 6.45) is -9.01. The molecule has 7 unspecified atom stereocenters. The van der Waals surface area contributed by atoms with Gasteiger partial charge in [-0.3, -0.25) is 0 Å². The van der Waals surface area contributed by atoms with E-state index in [1.807, 2.05) is 0 Å². The summed E-state index contributed by atoms with van der Waals surface area (Å²) in [4.78, 5) is 0. The second-order valence-corrected chi connectivity index (χ2v) is 10.0. The van der Waals surface area contributed by atoms with Crippen LogP contribution >= 0.6 is 0 Å². The number of fused-ring (bicyclic) bond motifs is 1. The minimum Gasteiger partial charge on any atom is -0.504 e. The maximum atomic E-state index is 10.8. The second kappa shape index (κ2) is 11.2. The topological polar surface area (TPSA) is 186 Å². The van der Waals surface area contributed by atoms with Gasteiger partial charge in [0.25, 0.3) is 0 Å². The molecule has 13 heteroatoms. The first-order chi connectivity index (χ1) is 19.2. The number of aliphatic hydroxyl groups excluding tert-OH is 4. The van der Waals surface area contributed by atoms with Gasteiger partial charge in [-0.2, -0.15) is 0 Å². The smallest absolute Gasteiger partial charge is 0.200 e. The Balaban J connectivity index is 1.57. The van der Waals surface area contributed by atoms with E-state index in [4.69, 9.17) is 33.2 Å². The first-order valence-electron chi connectivity index (χ1n) is 12.7. The molecule has 0 bridgehead atoms. The Morgan fingerprint density at radius 3 is 2.12 bits per heavy atom. The van der Waals surface area contributed by atoms with E-state index >= 15 is 0 Å². The van der Waals surface area contributed by atoms with Gasteiger partial charge in [0.05, 0.1) is 47.3 Å². The van der Waals surface area contributed by atoms with Crippen molar-refractivity contribution < 1.29 is 63.8 Å². The summed E-state index contributed by atoms with van der Waals surface area (Å²) in [5, 5.41) is 61.7. The van der Waals surface area contributed by atoms with E-state index in [-0.39, 0.29) is 42.0 Å². The fourth-order valence-electron chi connectivity index (χ4n) is 5.75. The maximum absolute atomic E-state index is 10.8. The molecule has 13 nitrogen and oxygen atoms in total. The summed E-state index contributed by atoms with van der Waals surface area (Å²) in [6, 6.07) is 7.95. The van der Waals surface area contributed by atoms with Crippen molar-refractivity contribution in [2.75, 3.05) is 41.2 Å². The molecule has 6 N–H and O–H groups in total. The number of hydrogen-bond acceptors (Lipinski definition) is 13. The lowest BCUT2D eigenvalue weighted by molar-refractivity contribution is -0.334. The van der Waals surface area contributed by atoms with Gasteiger partial charge in [-0.05, 0) is 35.4 Å². The molecule has 3 aliphatic rings. The van der Waals surface area contributed by atoms with E-state index in [1.54, 1.807) is 24.3 Å². The van der Waals surface area contributed by atoms with E-state index < -0.39 is 61.0 Å². The highest BCUT2D eigenvalue weighted by Gasteiger charge is 2.63. The first-order valence-corrected chi connectivity index (χ1v) is 12.7. The van der Waals surface area contributed by atoms with E-state index in [2.05, 4.69) is 0 Å². The van der Waals surface area contributed by atoms with Crippen molar-refractivity contribution in [3.63, 3.8) is 0 Å². The van der Waals surface area contributed by atoms with Gasteiger partial charge in [-0.25, -0.2) is 0 Å². The van der Waals surface area contributed by atoms with Crippen LogP contribution in [0.25, 0.3) is 0 Å². The molecule has 3 aliphatic heterocycles. The molecule has 5 rings (SSSR count). The summed E-state index contributed by atoms with van der Waals surface area (Å²) in [5.41, 5.74) is -0.161. The Morgan fingerprint density at radius 1 is 0.850 bits per heavy atom. The van der Waals surface area contributed by atoms with Crippen LogP contribution in [0.3, 0.4) is 0 Å². The maximum Gasteiger partial charge on any atom is 0.200 e. The summed E-state index contributed by atoms with van der Waals surface area (Å²) >= 11 is 0. The summed E-state index contributed by atoms with van der Waals surface area (Å²) < 4.78 is 40.6. The molecule has 0 saturated carbocycles. The van der Waals surface area contributed by atoms with Crippen molar-refractivity contribution in [1.29, 1.82) is 0 Å². The van der Waals surface area contributed by atoms with Gasteiger partial charge < -0.3 is 63.8 Å². The molecule has 0 aromatic heterocycles. The predicted octanol–water partition coefficient (Wildman–Crippen LogP) is 0.138. The van der Waals surface area contributed by atoms with Gasteiger partial charge in [0.2, 0.25) is 5.75 Å². The number of hydrogen-bond donors (Lipinski definition) is 6. The van der Waals surface area contributed by atoms with Crippen LogP contribution in [0.15, 0.2) is 30.3 Å². The zero-order valence-corrected chi connectivity index (χ0v) is 22.2. The largest absolute Gasteiger partial charge is 0.504 e. The normalized spacial score (nSPS) is 35.4. The first kappa shape index (κ1) is 28.6. The average Bonchev–Trinajstić information content (AvgIpc) is 3.50. The molecule has 0 aliphatic carbocycles. The monoisotopic (exact) mass is 566 g/mol. The number of aromatic hydroxyl groups is 2. The Labute approximate surface area is 230 Å². The number of benzene rings is 2. The zero-order chi connectivity index (χ0) is 28.8. The number of phenols is 2. The Hall–Kier alpha value is -2.88. The molecule has 0 radical (unpaired) electrons. The molecule has 3 saturated heterocycles. The van der Waals surface area contributed by atoms with Gasteiger partial charge in [0.15, 0.2) is 29.3 Å². The minimum atomic E-state index is -1.66. The van der Waals surface area contributed by atoms with Gasteiger partial charge in [-0.15, -0.1) is 0 Å². The van der Waals surface area contributed by atoms with Crippen molar-refractivity contribution in [3.8, 4) is 28.7 Å². The third-order valence-electron chi connectivity index (χ3n) is 7.89. The predicted molar refractivity (Wildman–Crippen MR) is 134 cm³/mol. The lowest BCUT2D eigenvalue weighted by Crippen LogP contribution is -2.61. The van der Waals surface area contributed by atoms with Crippen LogP contribution in [-0.2, 0) is 18.9 Å². The minimum absolute atomic E-state index is 0.0445. The fourth-order valence-corrected chi connectivity index (χ4v) is 5.75. The van der Waals surface area contributed by atoms with Crippen LogP contribution in [0, 0.1) is 5.92 Å². The Bertz CT molecular complexity index is 1180. The number of ether oxygens (including phenoxy) is 7. The quantitative estimate of drug-likeness (QED) is 0.254. The van der Waals surface area contributed by atoms with Crippen LogP contribution in [0.4, 0.5) is 0 Å². The van der Waals surface area contributed by atoms with Crippen LogP contribution in [0.5, 0.6) is 28.7 Å². The molecular formula is C27H34O13. The SMILES string of the molecule is COc1cc(C2OC[C@]3(OC4OC(CO)C(O)C(O)C4O)C(c4cc(OC)c(O)c(OC)c4)OC[C@H]23)ccc1O. The van der Waals surface area contributed by atoms with Crippen LogP contribution in [-0.4, -0.2) is 108 Å². The molecule has 0 amide bonds. The van der Waals surface area contributed by atoms with Crippen LogP contribution in [0.2, 0.25) is 0 Å². The molecule has 3 fully saturated rings. The highest BCUT2D eigenvalue weighted by molar-refractivity contribution is 5.54. The third-order valence-corrected chi connectivity index (χ3v) is 7.89. The Kier molecular flexibility index (Phi) is 8.01. The highest BCUT2D eigenvalue weighted by Crippen LogP contribution is 2.57. The fraction of sp³-hybridized carbons (Fsp3) is 0.556. The highest BCUT2D eigenvalue weighted by atomic mass is 16.7. The number of phenolic OH excluding ortho intramolecular Hbond substituents is 2. The lowest BCUT2D eigenvalue weighted by Gasteiger charge is -2.44. The van der Waals surface area contributed by atoms with Crippen LogP contribution in [0.1, 0.15) is 23.3 Å². The molecular weight excluding hydrogens is 532 g/mol. The lowest BCUT2D eigenvalue weighted by atomic mass is 9.80. The number of methoxy groups -OCH3 is 3. The van der Waals surface area contributed by atoms with Gasteiger partial charge >= 0.3 is 0 Å². The summed E-state index contributed by atoms with van der Waals surface area (Å²) in [6.45, 7) is -0.557. The van der Waals surface area contributed by atoms with Crippen molar-refractivity contribution in [2.45, 2.75) is 48.5 Å². The van der Waals surface area contributed by atoms with E-state index in [0.717, 1.165) is 0 Å². The molecule has 2 aromatic carbocycles. The van der Waals surface area contributed by atoms with Crippen molar-refractivity contribution in [3.05, 3.63) is 41.5 Å². The van der Waals surface area contributed by atoms with E-state index in [0.29, 0.717) is 11.1 Å². The summed E-state index contributed by atoms with van der Waals surface area (Å²) in [5.74, 6) is -0.256. The molecule has 0 spiro atoms. The summed E-state index contributed by atoms with van der Waals surface area (Å²) in [7, 11) is 4.22. The molecule has 2 aromatic rings. The number of aliphatic hydroxyl groups is 4. The van der Waals surface area contributed by atoms with Crippen molar-refractivity contribution in [1.82, 2.24) is 0 Å². The zero-order valence-electron chi connectivity index (χ0n) is 22.2. The average molecular weight is 567 g/mol. The third kappa shape index (κ3) is 4.62. The van der Waals surface area contributed by atoms with E-state index in [1.165, 1.54) is 27.4 Å². The van der Waals surface area contributed by atoms with Gasteiger partial charge in [0, 0.05) is 5.92 Å². The van der Waals surface area contributed by atoms with Crippen molar-refractivity contribution in [2.24, 2.45) is 5.92 Å². The van der Waals surface area contributed by atoms with Crippen molar-refractivity contribution >= 4 is 0 Å². The van der Waals surface area contributed by atoms with E-state index in [9.17, 15) is 30.6 Å².